The number of carbonyl (C=O) groups is 1. The summed E-state index contributed by atoms with van der Waals surface area (Å²) in [5.74, 6) is -0.494. The molecule has 1 heterocycles. The van der Waals surface area contributed by atoms with Gasteiger partial charge in [0.1, 0.15) is 10.6 Å². The standard InChI is InChI=1S/C11H7BrF2N2OS/c12-6-3-1-5(2-4-6)8(17)9-7(10(13)14)16-11(15)18-9/h1-4,10H,(H2,15,16). The summed E-state index contributed by atoms with van der Waals surface area (Å²) < 4.78 is 26.2. The number of hydrogen-bond acceptors (Lipinski definition) is 4. The summed E-state index contributed by atoms with van der Waals surface area (Å²) in [7, 11) is 0. The van der Waals surface area contributed by atoms with Gasteiger partial charge in [-0.2, -0.15) is 0 Å². The molecule has 2 aromatic rings. The number of rotatable bonds is 3. The van der Waals surface area contributed by atoms with E-state index in [-0.39, 0.29) is 10.0 Å². The maximum atomic E-state index is 12.7. The first kappa shape index (κ1) is 13.1. The lowest BCUT2D eigenvalue weighted by atomic mass is 10.1. The highest BCUT2D eigenvalue weighted by Gasteiger charge is 2.24. The summed E-state index contributed by atoms with van der Waals surface area (Å²) in [6.45, 7) is 0. The zero-order chi connectivity index (χ0) is 13.3. The number of ketones is 1. The number of halogens is 3. The van der Waals surface area contributed by atoms with E-state index in [9.17, 15) is 13.6 Å². The van der Waals surface area contributed by atoms with E-state index in [4.69, 9.17) is 5.73 Å². The molecule has 18 heavy (non-hydrogen) atoms. The van der Waals surface area contributed by atoms with Crippen molar-refractivity contribution in [3.63, 3.8) is 0 Å². The van der Waals surface area contributed by atoms with Crippen molar-refractivity contribution in [3.8, 4) is 0 Å². The van der Waals surface area contributed by atoms with Gasteiger partial charge in [-0.05, 0) is 24.3 Å². The Labute approximate surface area is 114 Å². The van der Waals surface area contributed by atoms with E-state index in [2.05, 4.69) is 20.9 Å². The van der Waals surface area contributed by atoms with E-state index in [1.54, 1.807) is 24.3 Å². The van der Waals surface area contributed by atoms with E-state index >= 15 is 0 Å². The number of benzene rings is 1. The number of nitrogens with two attached hydrogens (primary N) is 1. The largest absolute Gasteiger partial charge is 0.375 e. The SMILES string of the molecule is Nc1nc(C(F)F)c(C(=O)c2ccc(Br)cc2)s1. The van der Waals surface area contributed by atoms with Gasteiger partial charge in [0.05, 0.1) is 0 Å². The monoisotopic (exact) mass is 332 g/mol. The number of anilines is 1. The van der Waals surface area contributed by atoms with Crippen molar-refractivity contribution in [2.75, 3.05) is 5.73 Å². The van der Waals surface area contributed by atoms with Crippen LogP contribution in [0.4, 0.5) is 13.9 Å². The highest BCUT2D eigenvalue weighted by Crippen LogP contribution is 2.30. The molecule has 0 bridgehead atoms. The maximum absolute atomic E-state index is 12.7. The van der Waals surface area contributed by atoms with Crippen molar-refractivity contribution in [1.82, 2.24) is 4.98 Å². The molecule has 0 aliphatic rings. The highest BCUT2D eigenvalue weighted by atomic mass is 79.9. The molecule has 2 N–H and O–H groups in total. The molecular formula is C11H7BrF2N2OS. The molecule has 0 saturated carbocycles. The normalized spacial score (nSPS) is 10.9. The first-order valence-electron chi connectivity index (χ1n) is 4.83. The number of carbonyl (C=O) groups excluding carboxylic acids is 1. The lowest BCUT2D eigenvalue weighted by molar-refractivity contribution is 0.102. The molecular weight excluding hydrogens is 326 g/mol. The Morgan fingerprint density at radius 1 is 1.33 bits per heavy atom. The van der Waals surface area contributed by atoms with Crippen LogP contribution in [0.15, 0.2) is 28.7 Å². The number of nitrogens with zero attached hydrogens (tertiary/aromatic N) is 1. The van der Waals surface area contributed by atoms with Crippen LogP contribution in [0.1, 0.15) is 27.4 Å². The molecule has 0 atom stereocenters. The van der Waals surface area contributed by atoms with Crippen LogP contribution in [-0.2, 0) is 0 Å². The molecule has 0 spiro atoms. The summed E-state index contributed by atoms with van der Waals surface area (Å²) in [5, 5.41) is -0.0363. The molecule has 0 radical (unpaired) electrons. The molecule has 7 heteroatoms. The molecule has 94 valence electrons. The summed E-state index contributed by atoms with van der Waals surface area (Å²) in [6.07, 6.45) is -2.81. The third kappa shape index (κ3) is 2.56. The fraction of sp³-hybridized carbons (Fsp3) is 0.0909. The second-order valence-electron chi connectivity index (χ2n) is 3.40. The van der Waals surface area contributed by atoms with Gasteiger partial charge in [0.25, 0.3) is 6.43 Å². The minimum absolute atomic E-state index is 0.0363. The van der Waals surface area contributed by atoms with Gasteiger partial charge in [-0.25, -0.2) is 13.8 Å². The Morgan fingerprint density at radius 3 is 2.50 bits per heavy atom. The minimum atomic E-state index is -2.81. The average molecular weight is 333 g/mol. The van der Waals surface area contributed by atoms with Gasteiger partial charge in [-0.15, -0.1) is 0 Å². The summed E-state index contributed by atoms with van der Waals surface area (Å²) in [4.78, 5) is 15.4. The predicted molar refractivity (Wildman–Crippen MR) is 69.1 cm³/mol. The van der Waals surface area contributed by atoms with E-state index < -0.39 is 17.9 Å². The third-order valence-corrected chi connectivity index (χ3v) is 3.62. The van der Waals surface area contributed by atoms with Gasteiger partial charge in [0.15, 0.2) is 5.13 Å². The molecule has 0 amide bonds. The minimum Gasteiger partial charge on any atom is -0.375 e. The first-order chi connectivity index (χ1) is 8.49. The van der Waals surface area contributed by atoms with E-state index in [1.807, 2.05) is 0 Å². The van der Waals surface area contributed by atoms with Gasteiger partial charge >= 0.3 is 0 Å². The van der Waals surface area contributed by atoms with Crippen molar-refractivity contribution in [2.45, 2.75) is 6.43 Å². The number of aromatic nitrogens is 1. The molecule has 0 aliphatic carbocycles. The quantitative estimate of drug-likeness (QED) is 0.872. The molecule has 0 aliphatic heterocycles. The van der Waals surface area contributed by atoms with Crippen LogP contribution < -0.4 is 5.73 Å². The Balaban J connectivity index is 2.42. The van der Waals surface area contributed by atoms with Crippen molar-refractivity contribution in [2.24, 2.45) is 0 Å². The zero-order valence-corrected chi connectivity index (χ0v) is 11.3. The van der Waals surface area contributed by atoms with Crippen LogP contribution in [0.25, 0.3) is 0 Å². The van der Waals surface area contributed by atoms with Gasteiger partial charge in [0.2, 0.25) is 5.78 Å². The van der Waals surface area contributed by atoms with Crippen LogP contribution in [-0.4, -0.2) is 10.8 Å². The maximum Gasteiger partial charge on any atom is 0.282 e. The number of hydrogen-bond donors (Lipinski definition) is 1. The second kappa shape index (κ2) is 5.11. The van der Waals surface area contributed by atoms with Gasteiger partial charge in [-0.1, -0.05) is 27.3 Å². The second-order valence-corrected chi connectivity index (χ2v) is 5.35. The van der Waals surface area contributed by atoms with E-state index in [0.29, 0.717) is 5.56 Å². The highest BCUT2D eigenvalue weighted by molar-refractivity contribution is 9.10. The fourth-order valence-electron chi connectivity index (χ4n) is 1.39. The molecule has 3 nitrogen and oxygen atoms in total. The van der Waals surface area contributed by atoms with E-state index in [0.717, 1.165) is 15.8 Å². The fourth-order valence-corrected chi connectivity index (χ4v) is 2.46. The van der Waals surface area contributed by atoms with Crippen LogP contribution in [0, 0.1) is 0 Å². The Hall–Kier alpha value is -1.34. The Kier molecular flexibility index (Phi) is 3.72. The van der Waals surface area contributed by atoms with Gasteiger partial charge in [-0.3, -0.25) is 4.79 Å². The predicted octanol–water partition coefficient (Wildman–Crippen LogP) is 3.66. The molecule has 2 rings (SSSR count). The van der Waals surface area contributed by atoms with Crippen molar-refractivity contribution in [1.29, 1.82) is 0 Å². The Bertz CT molecular complexity index is 583. The molecule has 1 aromatic heterocycles. The van der Waals surface area contributed by atoms with Crippen LogP contribution >= 0.6 is 27.3 Å². The number of thiazole rings is 1. The van der Waals surface area contributed by atoms with Crippen molar-refractivity contribution in [3.05, 3.63) is 44.9 Å². The molecule has 0 fully saturated rings. The zero-order valence-electron chi connectivity index (χ0n) is 8.86. The Morgan fingerprint density at radius 2 is 1.94 bits per heavy atom. The van der Waals surface area contributed by atoms with Crippen LogP contribution in [0.3, 0.4) is 0 Å². The van der Waals surface area contributed by atoms with Crippen LogP contribution in [0.2, 0.25) is 0 Å². The first-order valence-corrected chi connectivity index (χ1v) is 6.44. The summed E-state index contributed by atoms with van der Waals surface area (Å²) >= 11 is 4.01. The van der Waals surface area contributed by atoms with E-state index in [1.165, 1.54) is 0 Å². The molecule has 1 aromatic carbocycles. The third-order valence-electron chi connectivity index (χ3n) is 2.19. The van der Waals surface area contributed by atoms with Crippen molar-refractivity contribution < 1.29 is 13.6 Å². The van der Waals surface area contributed by atoms with Gasteiger partial charge in [0, 0.05) is 10.0 Å². The van der Waals surface area contributed by atoms with Crippen molar-refractivity contribution >= 4 is 38.2 Å². The number of alkyl halides is 2. The van der Waals surface area contributed by atoms with Crippen LogP contribution in [0.5, 0.6) is 0 Å². The molecule has 0 unspecified atom stereocenters. The van der Waals surface area contributed by atoms with Gasteiger partial charge < -0.3 is 5.73 Å². The topological polar surface area (TPSA) is 56.0 Å². The summed E-state index contributed by atoms with van der Waals surface area (Å²) in [5.41, 5.74) is 5.14. The smallest absolute Gasteiger partial charge is 0.282 e. The summed E-state index contributed by atoms with van der Waals surface area (Å²) in [6, 6.07) is 6.44. The average Bonchev–Trinajstić information content (AvgIpc) is 2.71. The number of nitrogen functional groups attached to an aromatic ring is 1. The lowest BCUT2D eigenvalue weighted by Gasteiger charge is -2.01. The lowest BCUT2D eigenvalue weighted by Crippen LogP contribution is -2.03. The molecule has 0 saturated heterocycles.